The van der Waals surface area contributed by atoms with Crippen molar-refractivity contribution in [3.05, 3.63) is 22.4 Å². The van der Waals surface area contributed by atoms with Gasteiger partial charge in [0, 0.05) is 13.1 Å². The maximum absolute atomic E-state index is 13.2. The zero-order valence-corrected chi connectivity index (χ0v) is 14.6. The number of anilines is 1. The highest BCUT2D eigenvalue weighted by Crippen LogP contribution is 2.33. The van der Waals surface area contributed by atoms with E-state index in [4.69, 9.17) is 5.73 Å². The molecule has 0 bridgehead atoms. The van der Waals surface area contributed by atoms with Gasteiger partial charge >= 0.3 is 6.18 Å². The number of carbonyl (C=O) groups is 2. The maximum Gasteiger partial charge on any atom is 0.433 e. The van der Waals surface area contributed by atoms with E-state index in [9.17, 15) is 22.8 Å². The van der Waals surface area contributed by atoms with Crippen LogP contribution in [0.4, 0.5) is 19.1 Å². The Morgan fingerprint density at radius 3 is 2.50 bits per heavy atom. The van der Waals surface area contributed by atoms with E-state index < -0.39 is 17.7 Å². The lowest BCUT2D eigenvalue weighted by molar-refractivity contribution is -0.141. The number of ketones is 1. The third kappa shape index (κ3) is 4.24. The van der Waals surface area contributed by atoms with E-state index in [0.29, 0.717) is 25.6 Å². The molecule has 2 aliphatic rings. The third-order valence-electron chi connectivity index (χ3n) is 4.34. The number of nitrogens with two attached hydrogens (primary N) is 1. The summed E-state index contributed by atoms with van der Waals surface area (Å²) in [5.41, 5.74) is 4.53. The summed E-state index contributed by atoms with van der Waals surface area (Å²) in [5.74, 6) is -0.0847. The van der Waals surface area contributed by atoms with Crippen LogP contribution in [0.15, 0.2) is 11.0 Å². The second-order valence-electron chi connectivity index (χ2n) is 6.22. The van der Waals surface area contributed by atoms with Crippen molar-refractivity contribution in [2.45, 2.75) is 25.4 Å². The molecule has 10 heteroatoms. The lowest BCUT2D eigenvalue weighted by Gasteiger charge is -2.31. The van der Waals surface area contributed by atoms with Crippen LogP contribution in [0, 0.1) is 5.92 Å². The van der Waals surface area contributed by atoms with Crippen molar-refractivity contribution < 1.29 is 22.8 Å². The van der Waals surface area contributed by atoms with Crippen molar-refractivity contribution in [2.24, 2.45) is 11.7 Å². The Hall–Kier alpha value is -1.94. The summed E-state index contributed by atoms with van der Waals surface area (Å²) >= 11 is 0.730. The topological polar surface area (TPSA) is 89.2 Å². The predicted octanol–water partition coefficient (Wildman–Crippen LogP) is 2.24. The molecule has 0 atom stereocenters. The van der Waals surface area contributed by atoms with E-state index in [0.717, 1.165) is 30.7 Å². The van der Waals surface area contributed by atoms with Crippen molar-refractivity contribution in [1.82, 2.24) is 9.97 Å². The molecule has 0 amide bonds. The first-order valence-corrected chi connectivity index (χ1v) is 8.95. The summed E-state index contributed by atoms with van der Waals surface area (Å²) in [6.45, 7) is 1.58. The predicted molar refractivity (Wildman–Crippen MR) is 91.2 cm³/mol. The fourth-order valence-corrected chi connectivity index (χ4v) is 3.67. The molecule has 6 nitrogen and oxygen atoms in total. The summed E-state index contributed by atoms with van der Waals surface area (Å²) < 4.78 is 39.6. The highest BCUT2D eigenvalue weighted by Gasteiger charge is 2.35. The normalized spacial score (nSPS) is 21.1. The molecule has 3 rings (SSSR count). The number of allylic oxidation sites excluding steroid dienone is 1. The molecule has 0 spiro atoms. The summed E-state index contributed by atoms with van der Waals surface area (Å²) in [4.78, 5) is 32.7. The van der Waals surface area contributed by atoms with E-state index >= 15 is 0 Å². The van der Waals surface area contributed by atoms with Gasteiger partial charge in [0.1, 0.15) is 0 Å². The number of hydrogen-bond acceptors (Lipinski definition) is 7. The average Bonchev–Trinajstić information content (AvgIpc) is 2.91. The maximum atomic E-state index is 13.2. The molecule has 0 saturated carbocycles. The van der Waals surface area contributed by atoms with Crippen LogP contribution in [-0.4, -0.2) is 40.5 Å². The fraction of sp³-hybridized carbons (Fsp3) is 0.500. The fourth-order valence-electron chi connectivity index (χ4n) is 2.86. The smallest absolute Gasteiger partial charge is 0.341 e. The number of thioether (sulfide) groups is 1. The number of alkyl halides is 3. The Balaban J connectivity index is 1.94. The van der Waals surface area contributed by atoms with E-state index in [-0.39, 0.29) is 28.1 Å². The molecule has 0 unspecified atom stereocenters. The summed E-state index contributed by atoms with van der Waals surface area (Å²) in [7, 11) is 0. The van der Waals surface area contributed by atoms with E-state index in [1.165, 1.54) is 6.08 Å². The quantitative estimate of drug-likeness (QED) is 0.629. The number of carbonyl (C=O) groups excluding carboxylic acids is 2. The summed E-state index contributed by atoms with van der Waals surface area (Å²) in [6, 6.07) is 0.791. The van der Waals surface area contributed by atoms with Crippen LogP contribution in [0.25, 0.3) is 6.08 Å². The molecule has 26 heavy (non-hydrogen) atoms. The Bertz CT molecular complexity index is 758. The number of halogens is 3. The van der Waals surface area contributed by atoms with Crippen LogP contribution < -0.4 is 10.6 Å². The molecule has 2 N–H and O–H groups in total. The SMILES string of the molecule is NCC1CCN(c2nc(/C=C3\SC(=O)CC3=O)cc(C(F)(F)F)n2)CC1. The number of piperidine rings is 1. The zero-order valence-electron chi connectivity index (χ0n) is 13.8. The number of Topliss-reactive ketones (excluding diaryl/α,β-unsaturated/α-hetero) is 1. The van der Waals surface area contributed by atoms with Crippen LogP contribution in [0.3, 0.4) is 0 Å². The number of rotatable bonds is 3. The van der Waals surface area contributed by atoms with Gasteiger partial charge in [-0.05, 0) is 49.2 Å². The standard InChI is InChI=1S/C16H17F3N4O2S/c17-16(18,19)13-6-10(5-12-11(24)7-14(25)26-12)21-15(22-13)23-3-1-9(8-20)2-4-23/h5-6,9H,1-4,7-8,20H2/b12-5-. The van der Waals surface area contributed by atoms with Gasteiger partial charge in [-0.15, -0.1) is 0 Å². The molecule has 0 radical (unpaired) electrons. The minimum Gasteiger partial charge on any atom is -0.341 e. The van der Waals surface area contributed by atoms with Gasteiger partial charge in [0.15, 0.2) is 11.5 Å². The number of aromatic nitrogens is 2. The van der Waals surface area contributed by atoms with E-state index in [2.05, 4.69) is 9.97 Å². The second-order valence-corrected chi connectivity index (χ2v) is 7.32. The van der Waals surface area contributed by atoms with Crippen LogP contribution in [0.1, 0.15) is 30.7 Å². The van der Waals surface area contributed by atoms with Gasteiger partial charge in [0.2, 0.25) is 11.1 Å². The van der Waals surface area contributed by atoms with Gasteiger partial charge in [-0.2, -0.15) is 13.2 Å². The van der Waals surface area contributed by atoms with Crippen LogP contribution >= 0.6 is 11.8 Å². The van der Waals surface area contributed by atoms with E-state index in [1.54, 1.807) is 4.90 Å². The number of hydrogen-bond donors (Lipinski definition) is 1. The van der Waals surface area contributed by atoms with Crippen molar-refractivity contribution in [2.75, 3.05) is 24.5 Å². The van der Waals surface area contributed by atoms with Crippen LogP contribution in [0.5, 0.6) is 0 Å². The molecule has 2 fully saturated rings. The Kier molecular flexibility index (Phi) is 5.33. The van der Waals surface area contributed by atoms with Crippen molar-refractivity contribution in [1.29, 1.82) is 0 Å². The molecule has 0 aromatic carbocycles. The highest BCUT2D eigenvalue weighted by atomic mass is 32.2. The minimum absolute atomic E-state index is 0.0241. The number of nitrogens with zero attached hydrogens (tertiary/aromatic N) is 3. The summed E-state index contributed by atoms with van der Waals surface area (Å²) in [5, 5.41) is -0.324. The van der Waals surface area contributed by atoms with Gasteiger partial charge in [-0.1, -0.05) is 0 Å². The first kappa shape index (κ1) is 18.8. The van der Waals surface area contributed by atoms with Gasteiger partial charge in [0.05, 0.1) is 17.0 Å². The lowest BCUT2D eigenvalue weighted by Crippen LogP contribution is -2.37. The molecular formula is C16H17F3N4O2S. The Labute approximate surface area is 152 Å². The van der Waals surface area contributed by atoms with Crippen molar-refractivity contribution >= 4 is 34.7 Å². The van der Waals surface area contributed by atoms with E-state index in [1.807, 2.05) is 0 Å². The van der Waals surface area contributed by atoms with Gasteiger partial charge in [0.25, 0.3) is 0 Å². The monoisotopic (exact) mass is 386 g/mol. The minimum atomic E-state index is -4.64. The lowest BCUT2D eigenvalue weighted by atomic mass is 9.97. The molecule has 3 heterocycles. The first-order chi connectivity index (χ1) is 12.3. The molecule has 140 valence electrons. The largest absolute Gasteiger partial charge is 0.433 e. The molecule has 1 aromatic heterocycles. The van der Waals surface area contributed by atoms with Crippen LogP contribution in [0.2, 0.25) is 0 Å². The van der Waals surface area contributed by atoms with Gasteiger partial charge in [-0.3, -0.25) is 9.59 Å². The van der Waals surface area contributed by atoms with Crippen LogP contribution in [-0.2, 0) is 15.8 Å². The Morgan fingerprint density at radius 2 is 1.96 bits per heavy atom. The molecule has 1 aromatic rings. The third-order valence-corrected chi connectivity index (χ3v) is 5.28. The van der Waals surface area contributed by atoms with Gasteiger partial charge < -0.3 is 10.6 Å². The van der Waals surface area contributed by atoms with Crippen molar-refractivity contribution in [3.63, 3.8) is 0 Å². The van der Waals surface area contributed by atoms with Gasteiger partial charge in [-0.25, -0.2) is 9.97 Å². The molecule has 2 aliphatic heterocycles. The highest BCUT2D eigenvalue weighted by molar-refractivity contribution is 8.18. The Morgan fingerprint density at radius 1 is 1.27 bits per heavy atom. The average molecular weight is 386 g/mol. The van der Waals surface area contributed by atoms with Crippen molar-refractivity contribution in [3.8, 4) is 0 Å². The summed E-state index contributed by atoms with van der Waals surface area (Å²) in [6.07, 6.45) is -2.13. The molecule has 0 aliphatic carbocycles. The molecular weight excluding hydrogens is 369 g/mol. The zero-order chi connectivity index (χ0) is 18.9. The first-order valence-electron chi connectivity index (χ1n) is 8.13. The second kappa shape index (κ2) is 7.36. The molecule has 2 saturated heterocycles.